The highest BCUT2D eigenvalue weighted by molar-refractivity contribution is 5.56. The van der Waals surface area contributed by atoms with Crippen molar-refractivity contribution in [1.29, 1.82) is 0 Å². The van der Waals surface area contributed by atoms with E-state index in [1.54, 1.807) is 18.5 Å². The lowest BCUT2D eigenvalue weighted by atomic mass is 10.4. The van der Waals surface area contributed by atoms with E-state index in [1.807, 2.05) is 6.92 Å². The highest BCUT2D eigenvalue weighted by Crippen LogP contribution is 2.17. The molecule has 0 unspecified atom stereocenters. The van der Waals surface area contributed by atoms with Gasteiger partial charge in [0, 0.05) is 6.07 Å². The molecule has 0 atom stereocenters. The van der Waals surface area contributed by atoms with Gasteiger partial charge >= 0.3 is 5.82 Å². The molecule has 0 spiro atoms. The summed E-state index contributed by atoms with van der Waals surface area (Å²) in [5, 5.41) is 10.6. The maximum absolute atomic E-state index is 10.6. The second-order valence-electron chi connectivity index (χ2n) is 2.72. The molecule has 13 heavy (non-hydrogen) atoms. The Kier molecular flexibility index (Phi) is 1.51. The van der Waals surface area contributed by atoms with E-state index in [1.165, 1.54) is 10.5 Å². The van der Waals surface area contributed by atoms with E-state index in [0.717, 1.165) is 11.2 Å². The molecule has 0 saturated heterocycles. The van der Waals surface area contributed by atoms with E-state index < -0.39 is 4.92 Å². The highest BCUT2D eigenvalue weighted by Gasteiger charge is 2.12. The van der Waals surface area contributed by atoms with Gasteiger partial charge in [-0.2, -0.15) is 4.40 Å². The number of hydrogen-bond acceptors (Lipinski definition) is 3. The molecule has 0 radical (unpaired) electrons. The first-order chi connectivity index (χ1) is 6.20. The van der Waals surface area contributed by atoms with Crippen molar-refractivity contribution in [1.82, 2.24) is 9.38 Å². The number of aryl methyl sites for hydroxylation is 1. The van der Waals surface area contributed by atoms with Gasteiger partial charge in [-0.1, -0.05) is 0 Å². The Bertz CT molecular complexity index is 475. The quantitative estimate of drug-likeness (QED) is 0.490. The molecule has 0 bridgehead atoms. The van der Waals surface area contributed by atoms with Crippen LogP contribution in [0.25, 0.3) is 5.52 Å². The average molecular weight is 177 g/mol. The average Bonchev–Trinajstić information content (AvgIpc) is 2.48. The van der Waals surface area contributed by atoms with Crippen LogP contribution in [0.2, 0.25) is 0 Å². The van der Waals surface area contributed by atoms with Crippen LogP contribution in [-0.4, -0.2) is 14.3 Å². The van der Waals surface area contributed by atoms with Crippen LogP contribution in [0.3, 0.4) is 0 Å². The first kappa shape index (κ1) is 7.72. The molecule has 0 amide bonds. The minimum absolute atomic E-state index is 0.0699. The standard InChI is InChI=1S/C8H7N3O2/c1-6-7-2-3-8(11(12)13)10(7)5-4-9-6/h2-5H,1H3. The van der Waals surface area contributed by atoms with E-state index in [-0.39, 0.29) is 5.82 Å². The first-order valence-electron chi connectivity index (χ1n) is 3.77. The minimum Gasteiger partial charge on any atom is -0.358 e. The van der Waals surface area contributed by atoms with Crippen molar-refractivity contribution in [3.63, 3.8) is 0 Å². The van der Waals surface area contributed by atoms with Crippen LogP contribution >= 0.6 is 0 Å². The van der Waals surface area contributed by atoms with Crippen LogP contribution < -0.4 is 0 Å². The molecule has 0 fully saturated rings. The normalized spacial score (nSPS) is 10.5. The fourth-order valence-electron chi connectivity index (χ4n) is 1.32. The van der Waals surface area contributed by atoms with Gasteiger partial charge in [-0.3, -0.25) is 4.98 Å². The number of nitro groups is 1. The summed E-state index contributed by atoms with van der Waals surface area (Å²) >= 11 is 0. The third kappa shape index (κ3) is 1.05. The number of nitrogens with zero attached hydrogens (tertiary/aromatic N) is 3. The van der Waals surface area contributed by atoms with Gasteiger partial charge in [0.15, 0.2) is 5.52 Å². The summed E-state index contributed by atoms with van der Waals surface area (Å²) in [4.78, 5) is 14.2. The smallest absolute Gasteiger partial charge is 0.328 e. The third-order valence-electron chi connectivity index (χ3n) is 1.94. The Labute approximate surface area is 73.8 Å². The molecule has 0 aliphatic heterocycles. The lowest BCUT2D eigenvalue weighted by Gasteiger charge is -1.94. The van der Waals surface area contributed by atoms with E-state index in [4.69, 9.17) is 0 Å². The fourth-order valence-corrected chi connectivity index (χ4v) is 1.32. The van der Waals surface area contributed by atoms with Crippen molar-refractivity contribution < 1.29 is 4.92 Å². The molecule has 66 valence electrons. The largest absolute Gasteiger partial charge is 0.358 e. The van der Waals surface area contributed by atoms with Crippen molar-refractivity contribution >= 4 is 11.3 Å². The molecule has 0 aromatic carbocycles. The molecule has 5 nitrogen and oxygen atoms in total. The summed E-state index contributed by atoms with van der Waals surface area (Å²) in [6.07, 6.45) is 3.13. The van der Waals surface area contributed by atoms with Gasteiger partial charge in [0.25, 0.3) is 0 Å². The summed E-state index contributed by atoms with van der Waals surface area (Å²) in [5.74, 6) is 0.0699. The number of hydrogen-bond donors (Lipinski definition) is 0. The van der Waals surface area contributed by atoms with Gasteiger partial charge in [0.1, 0.15) is 6.20 Å². The van der Waals surface area contributed by atoms with Gasteiger partial charge < -0.3 is 10.1 Å². The molecule has 5 heteroatoms. The summed E-state index contributed by atoms with van der Waals surface area (Å²) in [5.41, 5.74) is 1.56. The second-order valence-corrected chi connectivity index (χ2v) is 2.72. The van der Waals surface area contributed by atoms with Crippen molar-refractivity contribution in [2.45, 2.75) is 6.92 Å². The predicted octanol–water partition coefficient (Wildman–Crippen LogP) is 1.55. The maximum Gasteiger partial charge on any atom is 0.328 e. The Balaban J connectivity index is 2.83. The monoisotopic (exact) mass is 177 g/mol. The zero-order chi connectivity index (χ0) is 9.42. The SMILES string of the molecule is Cc1nccn2c([N+](=O)[O-])ccc12. The minimum atomic E-state index is -0.410. The molecule has 2 aromatic heterocycles. The Hall–Kier alpha value is -1.91. The van der Waals surface area contributed by atoms with Crippen LogP contribution in [0.5, 0.6) is 0 Å². The van der Waals surface area contributed by atoms with Gasteiger partial charge in [-0.25, -0.2) is 0 Å². The molecule has 0 aliphatic carbocycles. The molecule has 0 aliphatic rings. The first-order valence-corrected chi connectivity index (χ1v) is 3.77. The molecule has 2 heterocycles. The summed E-state index contributed by atoms with van der Waals surface area (Å²) in [6.45, 7) is 1.82. The molecule has 2 rings (SSSR count). The lowest BCUT2D eigenvalue weighted by molar-refractivity contribution is -0.390. The van der Waals surface area contributed by atoms with E-state index in [2.05, 4.69) is 4.98 Å². The van der Waals surface area contributed by atoms with E-state index in [0.29, 0.717) is 0 Å². The summed E-state index contributed by atoms with van der Waals surface area (Å²) in [7, 11) is 0. The molecular formula is C8H7N3O2. The Morgan fingerprint density at radius 2 is 2.31 bits per heavy atom. The van der Waals surface area contributed by atoms with Gasteiger partial charge in [0.05, 0.1) is 11.9 Å². The third-order valence-corrected chi connectivity index (χ3v) is 1.94. The van der Waals surface area contributed by atoms with Crippen LogP contribution in [0, 0.1) is 17.0 Å². The Morgan fingerprint density at radius 3 is 3.00 bits per heavy atom. The molecule has 0 saturated carbocycles. The van der Waals surface area contributed by atoms with Crippen LogP contribution in [0.4, 0.5) is 5.82 Å². The molecule has 0 N–H and O–H groups in total. The molecule has 2 aromatic rings. The van der Waals surface area contributed by atoms with Crippen molar-refractivity contribution in [3.05, 3.63) is 40.3 Å². The molecular weight excluding hydrogens is 170 g/mol. The maximum atomic E-state index is 10.6. The van der Waals surface area contributed by atoms with Crippen LogP contribution in [0.1, 0.15) is 5.69 Å². The summed E-state index contributed by atoms with van der Waals surface area (Å²) < 4.78 is 1.52. The topological polar surface area (TPSA) is 60.4 Å². The van der Waals surface area contributed by atoms with Crippen molar-refractivity contribution in [2.24, 2.45) is 0 Å². The summed E-state index contributed by atoms with van der Waals surface area (Å²) in [6, 6.07) is 3.17. The number of fused-ring (bicyclic) bond motifs is 1. The predicted molar refractivity (Wildman–Crippen MR) is 46.6 cm³/mol. The van der Waals surface area contributed by atoms with Gasteiger partial charge in [-0.15, -0.1) is 0 Å². The fraction of sp³-hybridized carbons (Fsp3) is 0.125. The van der Waals surface area contributed by atoms with Crippen LogP contribution in [0.15, 0.2) is 24.5 Å². The number of aromatic nitrogens is 2. The van der Waals surface area contributed by atoms with Crippen molar-refractivity contribution in [3.8, 4) is 0 Å². The zero-order valence-electron chi connectivity index (χ0n) is 6.97. The number of rotatable bonds is 1. The van der Waals surface area contributed by atoms with E-state index >= 15 is 0 Å². The lowest BCUT2D eigenvalue weighted by Crippen LogP contribution is -1.95. The van der Waals surface area contributed by atoms with Crippen LogP contribution in [-0.2, 0) is 0 Å². The Morgan fingerprint density at radius 1 is 1.54 bits per heavy atom. The van der Waals surface area contributed by atoms with Gasteiger partial charge in [-0.05, 0) is 17.9 Å². The highest BCUT2D eigenvalue weighted by atomic mass is 16.6. The van der Waals surface area contributed by atoms with Crippen molar-refractivity contribution in [2.75, 3.05) is 0 Å². The zero-order valence-corrected chi connectivity index (χ0v) is 6.97. The second kappa shape index (κ2) is 2.55. The van der Waals surface area contributed by atoms with Gasteiger partial charge in [0.2, 0.25) is 0 Å². The van der Waals surface area contributed by atoms with E-state index in [9.17, 15) is 10.1 Å².